The number of amides is 1. The van der Waals surface area contributed by atoms with Gasteiger partial charge in [0.1, 0.15) is 6.04 Å². The van der Waals surface area contributed by atoms with Gasteiger partial charge >= 0.3 is 0 Å². The Morgan fingerprint density at radius 2 is 1.86 bits per heavy atom. The van der Waals surface area contributed by atoms with E-state index in [0.717, 1.165) is 16.3 Å². The summed E-state index contributed by atoms with van der Waals surface area (Å²) in [5, 5.41) is -0.326. The maximum Gasteiger partial charge on any atom is 0.280 e. The van der Waals surface area contributed by atoms with Gasteiger partial charge in [-0.15, -0.1) is 4.41 Å². The number of nitrogens with zero attached hydrogens (tertiary/aromatic N) is 2. The Kier molecular flexibility index (Phi) is 8.10. The fraction of sp³-hybridized carbons (Fsp3) is 0.588. The maximum absolute atomic E-state index is 12.7. The lowest BCUT2D eigenvalue weighted by molar-refractivity contribution is -0.126. The number of rotatable bonds is 9. The van der Waals surface area contributed by atoms with Crippen molar-refractivity contribution in [1.29, 1.82) is 0 Å². The molecule has 12 heteroatoms. The Hall–Kier alpha value is -1.18. The normalized spacial score (nSPS) is 20.9. The molecule has 2 N–H and O–H groups in total. The van der Waals surface area contributed by atoms with Crippen molar-refractivity contribution >= 4 is 38.8 Å². The van der Waals surface area contributed by atoms with Crippen molar-refractivity contribution in [3.05, 3.63) is 29.8 Å². The number of aryl methyl sites for hydroxylation is 1. The fourth-order valence-corrected chi connectivity index (χ4v) is 5.86. The molecule has 9 nitrogen and oxygen atoms in total. The van der Waals surface area contributed by atoms with E-state index in [1.54, 1.807) is 12.1 Å². The summed E-state index contributed by atoms with van der Waals surface area (Å²) >= 11 is 4.32. The Bertz CT molecular complexity index is 919. The third kappa shape index (κ3) is 5.92. The van der Waals surface area contributed by atoms with Crippen LogP contribution in [0.2, 0.25) is 0 Å². The predicted octanol–water partition coefficient (Wildman–Crippen LogP) is 0.654. The molecule has 2 rings (SSSR count). The van der Waals surface area contributed by atoms with Gasteiger partial charge in [-0.1, -0.05) is 31.0 Å². The first-order valence-electron chi connectivity index (χ1n) is 9.29. The molecule has 0 unspecified atom stereocenters. The highest BCUT2D eigenvalue weighted by atomic mass is 32.2. The second kappa shape index (κ2) is 9.75. The minimum atomic E-state index is -3.97. The number of sulfonamides is 1. The molecule has 0 radical (unpaired) electrons. The first kappa shape index (κ1) is 24.1. The van der Waals surface area contributed by atoms with Gasteiger partial charge in [0.05, 0.1) is 4.90 Å². The van der Waals surface area contributed by atoms with Crippen LogP contribution >= 0.6 is 12.6 Å². The van der Waals surface area contributed by atoms with Crippen LogP contribution in [0.4, 0.5) is 0 Å². The van der Waals surface area contributed by atoms with Crippen LogP contribution in [-0.4, -0.2) is 62.9 Å². The summed E-state index contributed by atoms with van der Waals surface area (Å²) in [7, 11) is -6.64. The molecule has 1 aromatic carbocycles. The van der Waals surface area contributed by atoms with Crippen LogP contribution in [0.5, 0.6) is 0 Å². The third-order valence-corrected chi connectivity index (χ3v) is 8.25. The summed E-state index contributed by atoms with van der Waals surface area (Å²) in [6.07, 6.45) is 1.68. The molecule has 29 heavy (non-hydrogen) atoms. The molecule has 1 amide bonds. The van der Waals surface area contributed by atoms with E-state index in [9.17, 15) is 21.6 Å². The first-order chi connectivity index (χ1) is 13.5. The summed E-state index contributed by atoms with van der Waals surface area (Å²) < 4.78 is 54.7. The van der Waals surface area contributed by atoms with E-state index in [1.165, 1.54) is 19.2 Å². The van der Waals surface area contributed by atoms with Crippen LogP contribution in [0.3, 0.4) is 0 Å². The fourth-order valence-electron chi connectivity index (χ4n) is 2.91. The quantitative estimate of drug-likeness (QED) is 0.282. The van der Waals surface area contributed by atoms with E-state index < -0.39 is 32.2 Å². The zero-order chi connectivity index (χ0) is 21.8. The van der Waals surface area contributed by atoms with Crippen molar-refractivity contribution in [2.24, 2.45) is 0 Å². The van der Waals surface area contributed by atoms with E-state index in [0.29, 0.717) is 10.8 Å². The number of unbranched alkanes of at least 4 members (excludes halogenated alkanes) is 1. The molecule has 0 aliphatic carbocycles. The molecule has 0 saturated carbocycles. The van der Waals surface area contributed by atoms with Gasteiger partial charge in [0, 0.05) is 25.4 Å². The van der Waals surface area contributed by atoms with Crippen LogP contribution in [-0.2, 0) is 25.0 Å². The van der Waals surface area contributed by atoms with Crippen LogP contribution in [0.15, 0.2) is 29.2 Å². The van der Waals surface area contributed by atoms with Crippen LogP contribution in [0.1, 0.15) is 31.7 Å². The average molecular weight is 465 g/mol. The van der Waals surface area contributed by atoms with Crippen molar-refractivity contribution in [1.82, 2.24) is 18.9 Å². The Morgan fingerprint density at radius 3 is 2.45 bits per heavy atom. The molecule has 0 bridgehead atoms. The molecule has 1 aliphatic rings. The van der Waals surface area contributed by atoms with Gasteiger partial charge in [-0.05, 0) is 31.9 Å². The topological polar surface area (TPSA) is 116 Å². The Labute approximate surface area is 178 Å². The lowest BCUT2D eigenvalue weighted by Crippen LogP contribution is -2.53. The molecule has 1 aliphatic heterocycles. The second-order valence-corrected chi connectivity index (χ2v) is 11.4. The molecule has 164 valence electrons. The molecule has 1 aromatic rings. The zero-order valence-corrected chi connectivity index (χ0v) is 19.2. The Morgan fingerprint density at radius 1 is 1.24 bits per heavy atom. The van der Waals surface area contributed by atoms with Gasteiger partial charge < -0.3 is 0 Å². The van der Waals surface area contributed by atoms with Gasteiger partial charge in [0.25, 0.3) is 26.1 Å². The van der Waals surface area contributed by atoms with Crippen molar-refractivity contribution in [3.63, 3.8) is 0 Å². The number of carbonyl (C=O) groups excluding carboxylic acids is 1. The number of benzene rings is 1. The van der Waals surface area contributed by atoms with E-state index in [4.69, 9.17) is 0 Å². The van der Waals surface area contributed by atoms with Crippen LogP contribution in [0.25, 0.3) is 0 Å². The first-order valence-corrected chi connectivity index (χ1v) is 12.7. The number of hydrogen-bond acceptors (Lipinski definition) is 6. The molecule has 1 heterocycles. The van der Waals surface area contributed by atoms with Gasteiger partial charge in [-0.25, -0.2) is 13.1 Å². The summed E-state index contributed by atoms with van der Waals surface area (Å²) in [5.41, 5.74) is 3.20. The minimum Gasteiger partial charge on any atom is -0.274 e. The molecular weight excluding hydrogens is 436 g/mol. The lowest BCUT2D eigenvalue weighted by atomic mass is 10.2. The maximum atomic E-state index is 12.7. The molecule has 1 fully saturated rings. The summed E-state index contributed by atoms with van der Waals surface area (Å²) in [6, 6.07) is 5.15. The standard InChI is InChI=1S/C17H28N4O5S3/c1-4-5-10-18-29(25,26)21-12-14(27)11-16(21)17(22)19-20(3)28(23,24)15-8-6-13(2)7-9-15/h6-9,14,16,18,27H,4-5,10-12H2,1-3H3,(H,19,22)/t14-,16+/m1/s1. The third-order valence-electron chi connectivity index (χ3n) is 4.61. The number of thiol groups is 1. The van der Waals surface area contributed by atoms with Gasteiger partial charge in [-0.2, -0.15) is 25.4 Å². The molecular formula is C17H28N4O5S3. The van der Waals surface area contributed by atoms with E-state index in [2.05, 4.69) is 22.8 Å². The Balaban J connectivity index is 2.14. The van der Waals surface area contributed by atoms with Crippen molar-refractivity contribution in [3.8, 4) is 0 Å². The molecule has 2 atom stereocenters. The van der Waals surface area contributed by atoms with Crippen LogP contribution in [0, 0.1) is 6.92 Å². The summed E-state index contributed by atoms with van der Waals surface area (Å²) in [4.78, 5) is 12.8. The van der Waals surface area contributed by atoms with Crippen molar-refractivity contribution < 1.29 is 21.6 Å². The minimum absolute atomic E-state index is 0.0232. The van der Waals surface area contributed by atoms with Crippen LogP contribution < -0.4 is 10.1 Å². The summed E-state index contributed by atoms with van der Waals surface area (Å²) in [6.45, 7) is 4.10. The SMILES string of the molecule is CCCCNS(=O)(=O)N1C[C@H](S)C[C@H]1C(=O)NN(C)S(=O)(=O)c1ccc(C)cc1. The summed E-state index contributed by atoms with van der Waals surface area (Å²) in [5.74, 6) is -0.722. The van der Waals surface area contributed by atoms with E-state index >= 15 is 0 Å². The van der Waals surface area contributed by atoms with Gasteiger partial charge in [0.2, 0.25) is 0 Å². The van der Waals surface area contributed by atoms with E-state index in [-0.39, 0.29) is 29.7 Å². The predicted molar refractivity (Wildman–Crippen MR) is 114 cm³/mol. The van der Waals surface area contributed by atoms with E-state index in [1.807, 2.05) is 13.8 Å². The van der Waals surface area contributed by atoms with Crippen molar-refractivity contribution in [2.75, 3.05) is 20.1 Å². The lowest BCUT2D eigenvalue weighted by Gasteiger charge is -2.25. The molecule has 1 saturated heterocycles. The smallest absolute Gasteiger partial charge is 0.274 e. The number of hydrogen-bond donors (Lipinski definition) is 3. The highest BCUT2D eigenvalue weighted by Gasteiger charge is 2.43. The number of nitrogens with one attached hydrogen (secondary N) is 2. The van der Waals surface area contributed by atoms with Gasteiger partial charge in [0.15, 0.2) is 0 Å². The average Bonchev–Trinajstić information content (AvgIpc) is 3.05. The van der Waals surface area contributed by atoms with Crippen molar-refractivity contribution in [2.45, 2.75) is 49.3 Å². The second-order valence-electron chi connectivity index (χ2n) is 6.99. The highest BCUT2D eigenvalue weighted by molar-refractivity contribution is 7.89. The van der Waals surface area contributed by atoms with Gasteiger partial charge in [-0.3, -0.25) is 10.2 Å². The molecule has 0 spiro atoms. The molecule has 0 aromatic heterocycles. The highest BCUT2D eigenvalue weighted by Crippen LogP contribution is 2.25. The zero-order valence-electron chi connectivity index (χ0n) is 16.7. The number of hydrazine groups is 1. The number of carbonyl (C=O) groups is 1. The largest absolute Gasteiger partial charge is 0.280 e. The monoisotopic (exact) mass is 464 g/mol.